The Bertz CT molecular complexity index is 871. The number of amides is 1. The van der Waals surface area contributed by atoms with Crippen LogP contribution < -0.4 is 10.1 Å². The van der Waals surface area contributed by atoms with E-state index in [0.717, 1.165) is 15.6 Å². The van der Waals surface area contributed by atoms with Gasteiger partial charge >= 0.3 is 0 Å². The van der Waals surface area contributed by atoms with Gasteiger partial charge in [-0.15, -0.1) is 11.3 Å². The Morgan fingerprint density at radius 1 is 1.12 bits per heavy atom. The van der Waals surface area contributed by atoms with E-state index >= 15 is 0 Å². The molecule has 3 aromatic rings. The molecular weight excluding hydrogens is 386 g/mol. The van der Waals surface area contributed by atoms with Crippen LogP contribution in [0.4, 0.5) is 5.69 Å². The van der Waals surface area contributed by atoms with Crippen LogP contribution in [0.1, 0.15) is 15.2 Å². The highest BCUT2D eigenvalue weighted by atomic mass is 79.9. The van der Waals surface area contributed by atoms with E-state index in [9.17, 15) is 4.79 Å². The Labute approximate surface area is 153 Å². The van der Waals surface area contributed by atoms with Crippen LogP contribution in [0.3, 0.4) is 0 Å². The first-order valence-corrected chi connectivity index (χ1v) is 9.05. The van der Waals surface area contributed by atoms with Gasteiger partial charge in [0, 0.05) is 10.0 Å². The molecule has 1 heterocycles. The average molecular weight is 402 g/mol. The second kappa shape index (κ2) is 7.20. The molecule has 1 aromatic heterocycles. The maximum Gasteiger partial charge on any atom is 0.266 e. The Morgan fingerprint density at radius 2 is 1.88 bits per heavy atom. The molecule has 0 atom stereocenters. The van der Waals surface area contributed by atoms with Crippen LogP contribution in [-0.4, -0.2) is 13.0 Å². The van der Waals surface area contributed by atoms with Gasteiger partial charge < -0.3 is 10.1 Å². The molecule has 0 saturated heterocycles. The van der Waals surface area contributed by atoms with Gasteiger partial charge in [-0.05, 0) is 42.1 Å². The molecule has 2 aromatic carbocycles. The molecule has 0 aliphatic heterocycles. The SMILES string of the molecule is COc1ccc(Br)cc1NC(=O)c1sccc1-c1ccc(C)cc1. The summed E-state index contributed by atoms with van der Waals surface area (Å²) in [5.74, 6) is 0.483. The van der Waals surface area contributed by atoms with E-state index in [2.05, 4.69) is 21.2 Å². The summed E-state index contributed by atoms with van der Waals surface area (Å²) in [6.45, 7) is 2.05. The number of carbonyl (C=O) groups is 1. The van der Waals surface area contributed by atoms with Crippen molar-refractivity contribution in [2.24, 2.45) is 0 Å². The number of anilines is 1. The first-order valence-electron chi connectivity index (χ1n) is 7.38. The van der Waals surface area contributed by atoms with Gasteiger partial charge in [0.2, 0.25) is 0 Å². The molecule has 3 rings (SSSR count). The lowest BCUT2D eigenvalue weighted by molar-refractivity contribution is 0.103. The van der Waals surface area contributed by atoms with Crippen molar-refractivity contribution in [2.75, 3.05) is 12.4 Å². The number of benzene rings is 2. The molecule has 3 nitrogen and oxygen atoms in total. The third-order valence-corrected chi connectivity index (χ3v) is 5.05. The molecule has 0 aliphatic rings. The van der Waals surface area contributed by atoms with E-state index in [-0.39, 0.29) is 5.91 Å². The summed E-state index contributed by atoms with van der Waals surface area (Å²) >= 11 is 4.85. The van der Waals surface area contributed by atoms with Gasteiger partial charge in [0.15, 0.2) is 0 Å². The Kier molecular flexibility index (Phi) is 5.02. The predicted octanol–water partition coefficient (Wildman–Crippen LogP) is 5.75. The fraction of sp³-hybridized carbons (Fsp3) is 0.105. The Morgan fingerprint density at radius 3 is 2.58 bits per heavy atom. The maximum absolute atomic E-state index is 12.7. The van der Waals surface area contributed by atoms with Crippen LogP contribution >= 0.6 is 27.3 Å². The first-order chi connectivity index (χ1) is 11.6. The minimum Gasteiger partial charge on any atom is -0.495 e. The van der Waals surface area contributed by atoms with E-state index < -0.39 is 0 Å². The molecule has 1 N–H and O–H groups in total. The van der Waals surface area contributed by atoms with Crippen LogP contribution in [0.2, 0.25) is 0 Å². The summed E-state index contributed by atoms with van der Waals surface area (Å²) in [5.41, 5.74) is 3.80. The van der Waals surface area contributed by atoms with Crippen molar-refractivity contribution < 1.29 is 9.53 Å². The lowest BCUT2D eigenvalue weighted by Gasteiger charge is -2.11. The largest absolute Gasteiger partial charge is 0.495 e. The van der Waals surface area contributed by atoms with Gasteiger partial charge in [-0.2, -0.15) is 0 Å². The highest BCUT2D eigenvalue weighted by molar-refractivity contribution is 9.10. The van der Waals surface area contributed by atoms with Gasteiger partial charge in [-0.3, -0.25) is 4.79 Å². The molecule has 0 saturated carbocycles. The van der Waals surface area contributed by atoms with Crippen molar-refractivity contribution in [2.45, 2.75) is 6.92 Å². The number of hydrogen-bond donors (Lipinski definition) is 1. The van der Waals surface area contributed by atoms with Crippen LogP contribution in [0.25, 0.3) is 11.1 Å². The molecule has 0 unspecified atom stereocenters. The number of thiophene rings is 1. The van der Waals surface area contributed by atoms with E-state index in [1.165, 1.54) is 16.9 Å². The summed E-state index contributed by atoms with van der Waals surface area (Å²) in [6, 6.07) is 15.7. The number of ether oxygens (including phenoxy) is 1. The molecule has 0 fully saturated rings. The molecule has 0 spiro atoms. The zero-order chi connectivity index (χ0) is 17.1. The molecule has 1 amide bonds. The number of carbonyl (C=O) groups excluding carboxylic acids is 1. The summed E-state index contributed by atoms with van der Waals surface area (Å²) < 4.78 is 6.19. The minimum atomic E-state index is -0.142. The Balaban J connectivity index is 1.91. The van der Waals surface area contributed by atoms with Crippen molar-refractivity contribution in [3.05, 3.63) is 68.8 Å². The van der Waals surface area contributed by atoms with Crippen molar-refractivity contribution in [1.29, 1.82) is 0 Å². The Hall–Kier alpha value is -2.11. The summed E-state index contributed by atoms with van der Waals surface area (Å²) in [4.78, 5) is 13.4. The van der Waals surface area contributed by atoms with Crippen LogP contribution in [0.5, 0.6) is 5.75 Å². The zero-order valence-electron chi connectivity index (χ0n) is 13.3. The number of methoxy groups -OCH3 is 1. The molecule has 0 bridgehead atoms. The second-order valence-electron chi connectivity index (χ2n) is 5.33. The lowest BCUT2D eigenvalue weighted by Crippen LogP contribution is -2.12. The number of rotatable bonds is 4. The smallest absolute Gasteiger partial charge is 0.266 e. The summed E-state index contributed by atoms with van der Waals surface area (Å²) in [5, 5.41) is 4.88. The highest BCUT2D eigenvalue weighted by Gasteiger charge is 2.16. The molecule has 122 valence electrons. The normalized spacial score (nSPS) is 10.5. The topological polar surface area (TPSA) is 38.3 Å². The third-order valence-electron chi connectivity index (χ3n) is 3.64. The third kappa shape index (κ3) is 3.52. The van der Waals surface area contributed by atoms with Gasteiger partial charge in [-0.25, -0.2) is 0 Å². The number of hydrogen-bond acceptors (Lipinski definition) is 3. The van der Waals surface area contributed by atoms with E-state index in [1.807, 2.05) is 60.8 Å². The highest BCUT2D eigenvalue weighted by Crippen LogP contribution is 2.32. The molecule has 0 aliphatic carbocycles. The second-order valence-corrected chi connectivity index (χ2v) is 7.16. The number of nitrogens with one attached hydrogen (secondary N) is 1. The van der Waals surface area contributed by atoms with Crippen LogP contribution in [-0.2, 0) is 0 Å². The van der Waals surface area contributed by atoms with Crippen LogP contribution in [0.15, 0.2) is 58.4 Å². The molecule has 5 heteroatoms. The number of halogens is 1. The predicted molar refractivity (Wildman–Crippen MR) is 103 cm³/mol. The molecule has 0 radical (unpaired) electrons. The first kappa shape index (κ1) is 16.7. The summed E-state index contributed by atoms with van der Waals surface area (Å²) in [7, 11) is 1.59. The van der Waals surface area contributed by atoms with Crippen molar-refractivity contribution >= 4 is 38.9 Å². The monoisotopic (exact) mass is 401 g/mol. The zero-order valence-corrected chi connectivity index (χ0v) is 15.7. The lowest BCUT2D eigenvalue weighted by atomic mass is 10.0. The van der Waals surface area contributed by atoms with Crippen molar-refractivity contribution in [3.63, 3.8) is 0 Å². The fourth-order valence-electron chi connectivity index (χ4n) is 2.40. The van der Waals surface area contributed by atoms with E-state index in [4.69, 9.17) is 4.74 Å². The van der Waals surface area contributed by atoms with Crippen molar-refractivity contribution in [3.8, 4) is 16.9 Å². The van der Waals surface area contributed by atoms with Crippen molar-refractivity contribution in [1.82, 2.24) is 0 Å². The van der Waals surface area contributed by atoms with E-state index in [1.54, 1.807) is 7.11 Å². The van der Waals surface area contributed by atoms with Gasteiger partial charge in [0.05, 0.1) is 17.7 Å². The maximum atomic E-state index is 12.7. The number of aryl methyl sites for hydroxylation is 1. The van der Waals surface area contributed by atoms with E-state index in [0.29, 0.717) is 16.3 Å². The quantitative estimate of drug-likeness (QED) is 0.604. The van der Waals surface area contributed by atoms with Gasteiger partial charge in [-0.1, -0.05) is 45.8 Å². The average Bonchev–Trinajstić information content (AvgIpc) is 3.05. The van der Waals surface area contributed by atoms with Crippen LogP contribution in [0, 0.1) is 6.92 Å². The fourth-order valence-corrected chi connectivity index (χ4v) is 3.57. The molecular formula is C19H16BrNO2S. The minimum absolute atomic E-state index is 0.142. The summed E-state index contributed by atoms with van der Waals surface area (Å²) in [6.07, 6.45) is 0. The van der Waals surface area contributed by atoms with Gasteiger partial charge in [0.25, 0.3) is 5.91 Å². The standard InChI is InChI=1S/C19H16BrNO2S/c1-12-3-5-13(6-4-12)15-9-10-24-18(15)19(22)21-16-11-14(20)7-8-17(16)23-2/h3-11H,1-2H3,(H,21,22). The van der Waals surface area contributed by atoms with Gasteiger partial charge in [0.1, 0.15) is 5.75 Å². The molecule has 24 heavy (non-hydrogen) atoms.